The fourth-order valence-electron chi connectivity index (χ4n) is 2.08. The highest BCUT2D eigenvalue weighted by atomic mass is 35.5. The molecule has 7 nitrogen and oxygen atoms in total. The summed E-state index contributed by atoms with van der Waals surface area (Å²) in [4.78, 5) is 13.5. The first-order valence-corrected chi connectivity index (χ1v) is 7.89. The fraction of sp³-hybridized carbons (Fsp3) is 0.333. The highest BCUT2D eigenvalue weighted by Crippen LogP contribution is 2.30. The Morgan fingerprint density at radius 3 is 2.86 bits per heavy atom. The van der Waals surface area contributed by atoms with Gasteiger partial charge in [0.05, 0.1) is 11.4 Å². The summed E-state index contributed by atoms with van der Waals surface area (Å²) in [6.45, 7) is 2.10. The average molecular weight is 333 g/mol. The van der Waals surface area contributed by atoms with Gasteiger partial charge in [-0.1, -0.05) is 23.7 Å². The zero-order valence-electron chi connectivity index (χ0n) is 11.1. The molecule has 9 heteroatoms. The van der Waals surface area contributed by atoms with E-state index in [9.17, 15) is 13.2 Å². The summed E-state index contributed by atoms with van der Waals surface area (Å²) in [5.41, 5.74) is 1.37. The Morgan fingerprint density at radius 2 is 2.24 bits per heavy atom. The Morgan fingerprint density at radius 1 is 1.52 bits per heavy atom. The van der Waals surface area contributed by atoms with Gasteiger partial charge >= 0.3 is 10.4 Å². The predicted octanol–water partition coefficient (Wildman–Crippen LogP) is 2.01. The van der Waals surface area contributed by atoms with Gasteiger partial charge in [0.25, 0.3) is 0 Å². The van der Waals surface area contributed by atoms with Gasteiger partial charge in [-0.2, -0.15) is 8.42 Å². The summed E-state index contributed by atoms with van der Waals surface area (Å²) >= 11 is 5.93. The van der Waals surface area contributed by atoms with Crippen molar-refractivity contribution < 1.29 is 22.0 Å². The fourth-order valence-corrected chi connectivity index (χ4v) is 2.44. The van der Waals surface area contributed by atoms with Crippen LogP contribution < -0.4 is 4.90 Å². The third-order valence-corrected chi connectivity index (χ3v) is 3.48. The summed E-state index contributed by atoms with van der Waals surface area (Å²) in [5.74, 6) is -0.0617. The van der Waals surface area contributed by atoms with Crippen molar-refractivity contribution in [2.24, 2.45) is 5.16 Å². The van der Waals surface area contributed by atoms with Crippen molar-refractivity contribution >= 4 is 39.3 Å². The van der Waals surface area contributed by atoms with Gasteiger partial charge in [-0.15, -0.1) is 0 Å². The molecule has 0 saturated heterocycles. The van der Waals surface area contributed by atoms with Crippen LogP contribution in [-0.2, 0) is 19.5 Å². The van der Waals surface area contributed by atoms with Gasteiger partial charge in [-0.25, -0.2) is 4.28 Å². The number of nitrogens with zero attached hydrogens (tertiary/aromatic N) is 2. The van der Waals surface area contributed by atoms with Crippen molar-refractivity contribution in [2.75, 3.05) is 11.4 Å². The second-order valence-corrected chi connectivity index (χ2v) is 5.79. The van der Waals surface area contributed by atoms with E-state index in [2.05, 4.69) is 9.44 Å². The lowest BCUT2D eigenvalue weighted by Crippen LogP contribution is -2.37. The molecule has 2 rings (SSSR count). The number of rotatable bonds is 3. The lowest BCUT2D eigenvalue weighted by Gasteiger charge is -2.29. The van der Waals surface area contributed by atoms with E-state index in [0.717, 1.165) is 0 Å². The highest BCUT2D eigenvalue weighted by molar-refractivity contribution is 7.80. The maximum absolute atomic E-state index is 11.9. The van der Waals surface area contributed by atoms with Gasteiger partial charge in [0.1, 0.15) is 0 Å². The van der Waals surface area contributed by atoms with Gasteiger partial charge in [0.2, 0.25) is 5.91 Å². The second kappa shape index (κ2) is 6.00. The van der Waals surface area contributed by atoms with Crippen LogP contribution in [0.15, 0.2) is 23.4 Å². The second-order valence-electron chi connectivity index (χ2n) is 4.35. The first-order valence-electron chi connectivity index (χ1n) is 6.15. The molecule has 0 fully saturated rings. The molecule has 1 aromatic rings. The van der Waals surface area contributed by atoms with Crippen LogP contribution in [0.3, 0.4) is 0 Å². The molecule has 114 valence electrons. The van der Waals surface area contributed by atoms with Crippen LogP contribution in [0.1, 0.15) is 25.3 Å². The number of anilines is 1. The van der Waals surface area contributed by atoms with E-state index in [-0.39, 0.29) is 12.3 Å². The Kier molecular flexibility index (Phi) is 4.50. The van der Waals surface area contributed by atoms with Crippen molar-refractivity contribution in [1.29, 1.82) is 0 Å². The van der Waals surface area contributed by atoms with Crippen molar-refractivity contribution in [2.45, 2.75) is 19.8 Å². The number of oxime groups is 1. The summed E-state index contributed by atoms with van der Waals surface area (Å²) in [6.07, 6.45) is 0.630. The van der Waals surface area contributed by atoms with Crippen molar-refractivity contribution in [3.63, 3.8) is 0 Å². The van der Waals surface area contributed by atoms with Gasteiger partial charge in [0, 0.05) is 30.0 Å². The van der Waals surface area contributed by atoms with E-state index in [4.69, 9.17) is 16.2 Å². The van der Waals surface area contributed by atoms with E-state index < -0.39 is 10.4 Å². The number of hydrogen-bond acceptors (Lipinski definition) is 5. The number of hydrogen-bond donors (Lipinski definition) is 1. The standard InChI is InChI=1S/C12H13ClN2O5S/c1-2-12(16)15-6-5-10(14-20-21(17,18)19)9-7-8(13)3-4-11(9)15/h3-4,7H,2,5-6H2,1H3,(H,17,18,19)/b14-10-. The number of halogens is 1. The van der Waals surface area contributed by atoms with E-state index in [1.807, 2.05) is 0 Å². The molecule has 1 heterocycles. The Hall–Kier alpha value is -1.64. The zero-order valence-corrected chi connectivity index (χ0v) is 12.7. The molecule has 0 spiro atoms. The van der Waals surface area contributed by atoms with Crippen LogP contribution in [0, 0.1) is 0 Å². The first-order chi connectivity index (χ1) is 9.81. The van der Waals surface area contributed by atoms with Gasteiger partial charge < -0.3 is 4.90 Å². The van der Waals surface area contributed by atoms with Crippen molar-refractivity contribution in [3.05, 3.63) is 28.8 Å². The molecule has 1 N–H and O–H groups in total. The van der Waals surface area contributed by atoms with Gasteiger partial charge in [-0.05, 0) is 18.2 Å². The molecule has 0 aromatic heterocycles. The molecule has 0 bridgehead atoms. The van der Waals surface area contributed by atoms with E-state index in [1.165, 1.54) is 0 Å². The first kappa shape index (κ1) is 15.7. The zero-order chi connectivity index (χ0) is 15.6. The van der Waals surface area contributed by atoms with Crippen LogP contribution in [0.5, 0.6) is 0 Å². The van der Waals surface area contributed by atoms with Gasteiger partial charge in [0.15, 0.2) is 0 Å². The van der Waals surface area contributed by atoms with Crippen molar-refractivity contribution in [1.82, 2.24) is 0 Å². The lowest BCUT2D eigenvalue weighted by molar-refractivity contribution is -0.118. The Bertz CT molecular complexity index is 702. The third kappa shape index (κ3) is 3.72. The highest BCUT2D eigenvalue weighted by Gasteiger charge is 2.26. The number of amides is 1. The Labute approximate surface area is 127 Å². The van der Waals surface area contributed by atoms with Crippen LogP contribution in [0.2, 0.25) is 5.02 Å². The maximum Gasteiger partial charge on any atom is 0.466 e. The smallest absolute Gasteiger partial charge is 0.311 e. The average Bonchev–Trinajstić information content (AvgIpc) is 2.42. The monoisotopic (exact) mass is 332 g/mol. The third-order valence-electron chi connectivity index (χ3n) is 2.98. The minimum absolute atomic E-state index is 0.0617. The molecular weight excluding hydrogens is 320 g/mol. The topological polar surface area (TPSA) is 96.3 Å². The number of carbonyl (C=O) groups excluding carboxylic acids is 1. The molecule has 1 aliphatic rings. The van der Waals surface area contributed by atoms with Crippen molar-refractivity contribution in [3.8, 4) is 0 Å². The predicted molar refractivity (Wildman–Crippen MR) is 77.9 cm³/mol. The minimum atomic E-state index is -4.67. The summed E-state index contributed by atoms with van der Waals surface area (Å²) in [6, 6.07) is 4.86. The normalized spacial score (nSPS) is 16.7. The minimum Gasteiger partial charge on any atom is -0.311 e. The molecule has 1 aliphatic heterocycles. The molecule has 1 aromatic carbocycles. The van der Waals surface area contributed by atoms with E-state index in [1.54, 1.807) is 30.0 Å². The number of benzene rings is 1. The molecule has 0 saturated carbocycles. The molecule has 21 heavy (non-hydrogen) atoms. The number of fused-ring (bicyclic) bond motifs is 1. The van der Waals surface area contributed by atoms with Crippen LogP contribution in [-0.4, -0.2) is 31.1 Å². The van der Waals surface area contributed by atoms with E-state index in [0.29, 0.717) is 35.0 Å². The summed E-state index contributed by atoms with van der Waals surface area (Å²) in [7, 11) is -4.67. The van der Waals surface area contributed by atoms with Crippen LogP contribution in [0.4, 0.5) is 5.69 Å². The van der Waals surface area contributed by atoms with E-state index >= 15 is 0 Å². The summed E-state index contributed by atoms with van der Waals surface area (Å²) < 4.78 is 33.9. The SMILES string of the molecule is CCC(=O)N1CC/C(=N/OS(=O)(=O)O)c2cc(Cl)ccc21. The molecule has 1 amide bonds. The molecule has 0 radical (unpaired) electrons. The molecule has 0 atom stereocenters. The summed E-state index contributed by atoms with van der Waals surface area (Å²) in [5, 5.41) is 3.85. The lowest BCUT2D eigenvalue weighted by atomic mass is 9.99. The van der Waals surface area contributed by atoms with Gasteiger partial charge in [-0.3, -0.25) is 9.35 Å². The molecular formula is C12H13ClN2O5S. The van der Waals surface area contributed by atoms with Crippen LogP contribution >= 0.6 is 11.6 Å². The maximum atomic E-state index is 11.9. The Balaban J connectivity index is 2.45. The molecule has 0 aliphatic carbocycles. The largest absolute Gasteiger partial charge is 0.466 e. The number of carbonyl (C=O) groups is 1. The van der Waals surface area contributed by atoms with Crippen LogP contribution in [0.25, 0.3) is 0 Å². The quantitative estimate of drug-likeness (QED) is 0.674. The molecule has 0 unspecified atom stereocenters.